The van der Waals surface area contributed by atoms with Crippen molar-refractivity contribution in [3.05, 3.63) is 248 Å². The summed E-state index contributed by atoms with van der Waals surface area (Å²) in [7, 11) is 0. The Morgan fingerprint density at radius 1 is 0.274 bits per heavy atom. The largest absolute Gasteiger partial charge is 0.310 e. The number of fused-ring (bicyclic) bond motifs is 4. The number of hydrogen-bond acceptors (Lipinski definition) is 1. The fourth-order valence-electron chi connectivity index (χ4n) is 9.73. The van der Waals surface area contributed by atoms with E-state index in [1.165, 1.54) is 88.7 Å². The van der Waals surface area contributed by atoms with Gasteiger partial charge in [0.2, 0.25) is 0 Å². The minimum Gasteiger partial charge on any atom is -0.310 e. The molecular weight excluding hydrogens is 747 g/mol. The van der Waals surface area contributed by atoms with Crippen LogP contribution in [-0.4, -0.2) is 0 Å². The van der Waals surface area contributed by atoms with Crippen LogP contribution in [0.1, 0.15) is 25.0 Å². The van der Waals surface area contributed by atoms with E-state index < -0.39 is 0 Å². The number of anilines is 3. The van der Waals surface area contributed by atoms with E-state index in [1.807, 2.05) is 0 Å². The van der Waals surface area contributed by atoms with E-state index in [0.717, 1.165) is 17.1 Å². The fraction of sp³-hybridized carbons (Fsp3) is 0.0492. The molecule has 0 N–H and O–H groups in total. The minimum atomic E-state index is -0.180. The molecule has 0 aliphatic heterocycles. The summed E-state index contributed by atoms with van der Waals surface area (Å²) in [6.45, 7) is 4.75. The standard InChI is InChI=1S/C61H45N/c1-61(2)58-28-16-27-53(45-21-10-5-11-22-45)60(58)55-38-37-51(41-59(55)61)62(49-33-29-43(30-34-49)42-17-6-3-7-18-42)50-35-31-46(32-36-50)56-39-47-23-12-13-24-48(47)40-57(56)54-26-15-14-25-52(54)44-19-8-4-9-20-44/h3-41H,1-2H3. The summed E-state index contributed by atoms with van der Waals surface area (Å²) in [4.78, 5) is 2.42. The van der Waals surface area contributed by atoms with Crippen molar-refractivity contribution in [2.45, 2.75) is 19.3 Å². The number of hydrogen-bond donors (Lipinski definition) is 0. The third-order valence-corrected chi connectivity index (χ3v) is 12.9. The summed E-state index contributed by atoms with van der Waals surface area (Å²) in [6.07, 6.45) is 0. The van der Waals surface area contributed by atoms with Gasteiger partial charge >= 0.3 is 0 Å². The molecule has 1 heteroatoms. The number of nitrogens with zero attached hydrogens (tertiary/aromatic N) is 1. The lowest BCUT2D eigenvalue weighted by molar-refractivity contribution is 0.660. The summed E-state index contributed by atoms with van der Waals surface area (Å²) in [6, 6.07) is 86.6. The van der Waals surface area contributed by atoms with E-state index in [1.54, 1.807) is 0 Å². The van der Waals surface area contributed by atoms with Gasteiger partial charge in [0.15, 0.2) is 0 Å². The molecule has 1 nitrogen and oxygen atoms in total. The topological polar surface area (TPSA) is 3.24 Å². The Bertz CT molecular complexity index is 3220. The van der Waals surface area contributed by atoms with Gasteiger partial charge in [-0.05, 0) is 137 Å². The summed E-state index contributed by atoms with van der Waals surface area (Å²) in [5, 5.41) is 2.46. The molecule has 0 radical (unpaired) electrons. The summed E-state index contributed by atoms with van der Waals surface area (Å²) in [5.41, 5.74) is 20.7. The molecule has 0 atom stereocenters. The quantitative estimate of drug-likeness (QED) is 0.148. The highest BCUT2D eigenvalue weighted by Crippen LogP contribution is 2.54. The molecule has 0 aromatic heterocycles. The first kappa shape index (κ1) is 37.3. The third kappa shape index (κ3) is 6.51. The summed E-state index contributed by atoms with van der Waals surface area (Å²) in [5.74, 6) is 0. The van der Waals surface area contributed by atoms with Crippen LogP contribution in [0.4, 0.5) is 17.1 Å². The van der Waals surface area contributed by atoms with E-state index in [-0.39, 0.29) is 5.41 Å². The lowest BCUT2D eigenvalue weighted by Crippen LogP contribution is -2.16. The van der Waals surface area contributed by atoms with Gasteiger partial charge in [0, 0.05) is 22.5 Å². The van der Waals surface area contributed by atoms with E-state index in [2.05, 4.69) is 255 Å². The molecule has 0 fully saturated rings. The minimum absolute atomic E-state index is 0.180. The molecule has 10 aromatic rings. The zero-order chi connectivity index (χ0) is 41.6. The van der Waals surface area contributed by atoms with Crippen molar-refractivity contribution in [1.82, 2.24) is 0 Å². The van der Waals surface area contributed by atoms with Crippen molar-refractivity contribution >= 4 is 27.8 Å². The van der Waals surface area contributed by atoms with Crippen molar-refractivity contribution in [2.75, 3.05) is 4.90 Å². The van der Waals surface area contributed by atoms with Crippen molar-refractivity contribution in [2.24, 2.45) is 0 Å². The van der Waals surface area contributed by atoms with Gasteiger partial charge in [0.25, 0.3) is 0 Å². The van der Waals surface area contributed by atoms with Crippen LogP contribution >= 0.6 is 0 Å². The molecule has 0 heterocycles. The second kappa shape index (κ2) is 15.4. The van der Waals surface area contributed by atoms with Crippen molar-refractivity contribution < 1.29 is 0 Å². The molecule has 0 saturated heterocycles. The van der Waals surface area contributed by atoms with E-state index in [9.17, 15) is 0 Å². The van der Waals surface area contributed by atoms with E-state index in [4.69, 9.17) is 0 Å². The Hall–Kier alpha value is -7.74. The van der Waals surface area contributed by atoms with E-state index in [0.29, 0.717) is 0 Å². The van der Waals surface area contributed by atoms with Crippen molar-refractivity contribution in [1.29, 1.82) is 0 Å². The molecule has 1 aliphatic carbocycles. The number of rotatable bonds is 8. The second-order valence-electron chi connectivity index (χ2n) is 16.9. The maximum Gasteiger partial charge on any atom is 0.0465 e. The molecule has 294 valence electrons. The van der Waals surface area contributed by atoms with Gasteiger partial charge in [-0.3, -0.25) is 0 Å². The summed E-state index contributed by atoms with van der Waals surface area (Å²) < 4.78 is 0. The Morgan fingerprint density at radius 3 is 1.35 bits per heavy atom. The Balaban J connectivity index is 1.05. The third-order valence-electron chi connectivity index (χ3n) is 12.9. The molecule has 1 aliphatic rings. The first-order valence-electron chi connectivity index (χ1n) is 21.6. The van der Waals surface area contributed by atoms with Crippen LogP contribution in [0.25, 0.3) is 77.5 Å². The Labute approximate surface area is 364 Å². The highest BCUT2D eigenvalue weighted by atomic mass is 15.1. The van der Waals surface area contributed by atoms with Crippen LogP contribution in [0, 0.1) is 0 Å². The molecular formula is C61H45N. The lowest BCUT2D eigenvalue weighted by Gasteiger charge is -2.28. The normalized spacial score (nSPS) is 12.5. The van der Waals surface area contributed by atoms with Crippen LogP contribution < -0.4 is 4.90 Å². The SMILES string of the molecule is CC1(C)c2cc(N(c3ccc(-c4ccccc4)cc3)c3ccc(-c4cc5ccccc5cc4-c4ccccc4-c4ccccc4)cc3)ccc2-c2c(-c3ccccc3)cccc21. The van der Waals surface area contributed by atoms with Crippen molar-refractivity contribution in [3.63, 3.8) is 0 Å². The fourth-order valence-corrected chi connectivity index (χ4v) is 9.73. The van der Waals surface area contributed by atoms with Gasteiger partial charge in [0.05, 0.1) is 0 Å². The first-order chi connectivity index (χ1) is 30.5. The molecule has 0 bridgehead atoms. The molecule has 11 rings (SSSR count). The van der Waals surface area contributed by atoms with E-state index >= 15 is 0 Å². The monoisotopic (exact) mass is 791 g/mol. The van der Waals surface area contributed by atoms with Crippen LogP contribution in [-0.2, 0) is 5.41 Å². The predicted molar refractivity (Wildman–Crippen MR) is 263 cm³/mol. The smallest absolute Gasteiger partial charge is 0.0465 e. The highest BCUT2D eigenvalue weighted by Gasteiger charge is 2.37. The van der Waals surface area contributed by atoms with Gasteiger partial charge in [-0.1, -0.05) is 202 Å². The van der Waals surface area contributed by atoms with Crippen molar-refractivity contribution in [3.8, 4) is 66.8 Å². The molecule has 62 heavy (non-hydrogen) atoms. The number of benzene rings is 10. The lowest BCUT2D eigenvalue weighted by atomic mass is 9.81. The second-order valence-corrected chi connectivity index (χ2v) is 16.9. The van der Waals surface area contributed by atoms with Gasteiger partial charge < -0.3 is 4.90 Å². The molecule has 0 unspecified atom stereocenters. The zero-order valence-electron chi connectivity index (χ0n) is 35.0. The first-order valence-corrected chi connectivity index (χ1v) is 21.6. The van der Waals surface area contributed by atoms with Gasteiger partial charge in [-0.25, -0.2) is 0 Å². The van der Waals surface area contributed by atoms with Gasteiger partial charge in [-0.2, -0.15) is 0 Å². The Kier molecular flexibility index (Phi) is 9.24. The average Bonchev–Trinajstić information content (AvgIpc) is 3.57. The average molecular weight is 792 g/mol. The van der Waals surface area contributed by atoms with Gasteiger partial charge in [0.1, 0.15) is 0 Å². The highest BCUT2D eigenvalue weighted by molar-refractivity contribution is 6.00. The van der Waals surface area contributed by atoms with Crippen LogP contribution in [0.5, 0.6) is 0 Å². The summed E-state index contributed by atoms with van der Waals surface area (Å²) >= 11 is 0. The van der Waals surface area contributed by atoms with Crippen LogP contribution in [0.2, 0.25) is 0 Å². The zero-order valence-corrected chi connectivity index (χ0v) is 35.0. The predicted octanol–water partition coefficient (Wildman–Crippen LogP) is 17.0. The molecule has 0 spiro atoms. The maximum atomic E-state index is 2.44. The maximum absolute atomic E-state index is 2.44. The molecule has 0 amide bonds. The molecule has 0 saturated carbocycles. The van der Waals surface area contributed by atoms with Crippen LogP contribution in [0.15, 0.2) is 237 Å². The van der Waals surface area contributed by atoms with Gasteiger partial charge in [-0.15, -0.1) is 0 Å². The van der Waals surface area contributed by atoms with Crippen LogP contribution in [0.3, 0.4) is 0 Å². The molecule has 10 aromatic carbocycles. The Morgan fingerprint density at radius 2 is 0.726 bits per heavy atom.